The lowest BCUT2D eigenvalue weighted by Crippen LogP contribution is -2.20. The standard InChI is InChI=1S/C14H14N2O6/c1-3-20-14(19)9-7(2)22-13(10(9)11(15)17)16-12(18)8-5-4-6-21-8/h4-6H,3H2,1-2H3,(H2,15,17)(H,16,18). The highest BCUT2D eigenvalue weighted by Gasteiger charge is 2.29. The van der Waals surface area contributed by atoms with Crippen LogP contribution in [0.4, 0.5) is 5.88 Å². The first-order valence-corrected chi connectivity index (χ1v) is 6.40. The van der Waals surface area contributed by atoms with Crippen LogP contribution in [0.1, 0.15) is 44.0 Å². The number of rotatable bonds is 5. The maximum Gasteiger partial charge on any atom is 0.342 e. The average Bonchev–Trinajstić information content (AvgIpc) is 3.06. The van der Waals surface area contributed by atoms with Gasteiger partial charge in [0.25, 0.3) is 11.8 Å². The Labute approximate surface area is 125 Å². The zero-order chi connectivity index (χ0) is 16.3. The van der Waals surface area contributed by atoms with Gasteiger partial charge in [0, 0.05) is 0 Å². The molecule has 0 aliphatic rings. The molecule has 2 heterocycles. The first-order chi connectivity index (χ1) is 10.5. The molecule has 0 radical (unpaired) electrons. The SMILES string of the molecule is CCOC(=O)c1c(C)oc(NC(=O)c2ccco2)c1C(N)=O. The molecule has 0 aromatic carbocycles. The van der Waals surface area contributed by atoms with Crippen molar-refractivity contribution in [2.45, 2.75) is 13.8 Å². The Hall–Kier alpha value is -3.03. The smallest absolute Gasteiger partial charge is 0.342 e. The van der Waals surface area contributed by atoms with E-state index in [1.807, 2.05) is 0 Å². The molecule has 0 bridgehead atoms. The molecule has 0 saturated carbocycles. The van der Waals surface area contributed by atoms with E-state index >= 15 is 0 Å². The fourth-order valence-corrected chi connectivity index (χ4v) is 1.89. The number of nitrogens with two attached hydrogens (primary N) is 1. The van der Waals surface area contributed by atoms with E-state index in [9.17, 15) is 14.4 Å². The van der Waals surface area contributed by atoms with Gasteiger partial charge in [-0.05, 0) is 26.0 Å². The number of ether oxygens (including phenoxy) is 1. The van der Waals surface area contributed by atoms with Gasteiger partial charge in [-0.15, -0.1) is 0 Å². The summed E-state index contributed by atoms with van der Waals surface area (Å²) < 4.78 is 15.0. The molecule has 0 saturated heterocycles. The highest BCUT2D eigenvalue weighted by Crippen LogP contribution is 2.28. The van der Waals surface area contributed by atoms with Gasteiger partial charge < -0.3 is 19.3 Å². The summed E-state index contributed by atoms with van der Waals surface area (Å²) >= 11 is 0. The third-order valence-electron chi connectivity index (χ3n) is 2.78. The molecule has 2 aromatic rings. The molecule has 2 rings (SSSR count). The van der Waals surface area contributed by atoms with Gasteiger partial charge in [-0.2, -0.15) is 0 Å². The van der Waals surface area contributed by atoms with Crippen LogP contribution in [-0.4, -0.2) is 24.4 Å². The van der Waals surface area contributed by atoms with Gasteiger partial charge in [0.05, 0.1) is 12.9 Å². The van der Waals surface area contributed by atoms with Crippen molar-refractivity contribution >= 4 is 23.7 Å². The van der Waals surface area contributed by atoms with Crippen LogP contribution >= 0.6 is 0 Å². The normalized spacial score (nSPS) is 10.3. The third kappa shape index (κ3) is 2.85. The summed E-state index contributed by atoms with van der Waals surface area (Å²) in [4.78, 5) is 35.4. The van der Waals surface area contributed by atoms with Gasteiger partial charge >= 0.3 is 5.97 Å². The lowest BCUT2D eigenvalue weighted by Gasteiger charge is -2.03. The van der Waals surface area contributed by atoms with E-state index in [1.165, 1.54) is 25.3 Å². The number of carbonyl (C=O) groups is 3. The van der Waals surface area contributed by atoms with Crippen LogP contribution < -0.4 is 11.1 Å². The van der Waals surface area contributed by atoms with Crippen LogP contribution in [0.3, 0.4) is 0 Å². The van der Waals surface area contributed by atoms with Crippen LogP contribution in [0, 0.1) is 6.92 Å². The summed E-state index contributed by atoms with van der Waals surface area (Å²) in [5.74, 6) is -2.42. The second kappa shape index (κ2) is 6.17. The molecular weight excluding hydrogens is 292 g/mol. The number of furan rings is 2. The number of nitrogens with one attached hydrogen (secondary N) is 1. The molecule has 3 N–H and O–H groups in total. The second-order valence-electron chi connectivity index (χ2n) is 4.25. The van der Waals surface area contributed by atoms with Crippen LogP contribution in [0.2, 0.25) is 0 Å². The Kier molecular flexibility index (Phi) is 4.31. The lowest BCUT2D eigenvalue weighted by molar-refractivity contribution is 0.0521. The first-order valence-electron chi connectivity index (χ1n) is 6.40. The maximum absolute atomic E-state index is 11.9. The Bertz CT molecular complexity index is 714. The zero-order valence-electron chi connectivity index (χ0n) is 12.0. The fraction of sp³-hybridized carbons (Fsp3) is 0.214. The van der Waals surface area contributed by atoms with E-state index in [1.54, 1.807) is 6.92 Å². The number of anilines is 1. The van der Waals surface area contributed by atoms with Crippen molar-refractivity contribution in [1.29, 1.82) is 0 Å². The van der Waals surface area contributed by atoms with E-state index in [0.29, 0.717) is 0 Å². The zero-order valence-corrected chi connectivity index (χ0v) is 12.0. The molecular formula is C14H14N2O6. The predicted octanol–water partition coefficient (Wildman–Crippen LogP) is 1.71. The molecule has 0 aliphatic carbocycles. The van der Waals surface area contributed by atoms with Gasteiger partial charge in [-0.25, -0.2) is 4.79 Å². The second-order valence-corrected chi connectivity index (χ2v) is 4.25. The molecule has 0 fully saturated rings. The van der Waals surface area contributed by atoms with E-state index < -0.39 is 17.8 Å². The topological polar surface area (TPSA) is 125 Å². The molecule has 2 amide bonds. The van der Waals surface area contributed by atoms with Crippen molar-refractivity contribution in [3.63, 3.8) is 0 Å². The fourth-order valence-electron chi connectivity index (χ4n) is 1.89. The van der Waals surface area contributed by atoms with Gasteiger partial charge in [0.15, 0.2) is 5.76 Å². The van der Waals surface area contributed by atoms with Gasteiger partial charge in [0.1, 0.15) is 16.9 Å². The van der Waals surface area contributed by atoms with Crippen LogP contribution in [0.15, 0.2) is 27.2 Å². The summed E-state index contributed by atoms with van der Waals surface area (Å²) in [6.45, 7) is 3.20. The largest absolute Gasteiger partial charge is 0.462 e. The van der Waals surface area contributed by atoms with Crippen molar-refractivity contribution in [3.05, 3.63) is 41.0 Å². The number of hydrogen-bond acceptors (Lipinski definition) is 6. The van der Waals surface area contributed by atoms with Crippen LogP contribution in [0.25, 0.3) is 0 Å². The molecule has 2 aromatic heterocycles. The molecule has 0 spiro atoms. The summed E-state index contributed by atoms with van der Waals surface area (Å²) in [6.07, 6.45) is 1.32. The Morgan fingerprint density at radius 2 is 2.05 bits per heavy atom. The molecule has 22 heavy (non-hydrogen) atoms. The molecule has 0 atom stereocenters. The highest BCUT2D eigenvalue weighted by atomic mass is 16.5. The summed E-state index contributed by atoms with van der Waals surface area (Å²) in [5.41, 5.74) is 4.93. The monoisotopic (exact) mass is 306 g/mol. The minimum Gasteiger partial charge on any atom is -0.462 e. The summed E-state index contributed by atoms with van der Waals surface area (Å²) in [5, 5.41) is 2.34. The molecule has 8 nitrogen and oxygen atoms in total. The third-order valence-corrected chi connectivity index (χ3v) is 2.78. The van der Waals surface area contributed by atoms with E-state index in [2.05, 4.69) is 5.32 Å². The number of amides is 2. The minimum absolute atomic E-state index is 0.0159. The number of carbonyl (C=O) groups excluding carboxylic acids is 3. The van der Waals surface area contributed by atoms with Crippen molar-refractivity contribution in [2.75, 3.05) is 11.9 Å². The van der Waals surface area contributed by atoms with Crippen LogP contribution in [0.5, 0.6) is 0 Å². The quantitative estimate of drug-likeness (QED) is 0.810. The van der Waals surface area contributed by atoms with E-state index in [4.69, 9.17) is 19.3 Å². The molecule has 0 aliphatic heterocycles. The van der Waals surface area contributed by atoms with E-state index in [0.717, 1.165) is 0 Å². The predicted molar refractivity (Wildman–Crippen MR) is 74.6 cm³/mol. The van der Waals surface area contributed by atoms with Crippen LogP contribution in [-0.2, 0) is 4.74 Å². The number of aryl methyl sites for hydroxylation is 1. The van der Waals surface area contributed by atoms with Crippen molar-refractivity contribution in [1.82, 2.24) is 0 Å². The molecule has 0 unspecified atom stereocenters. The number of hydrogen-bond donors (Lipinski definition) is 2. The highest BCUT2D eigenvalue weighted by molar-refractivity contribution is 6.12. The maximum atomic E-state index is 11.9. The van der Waals surface area contributed by atoms with Gasteiger partial charge in [0.2, 0.25) is 5.88 Å². The van der Waals surface area contributed by atoms with Crippen molar-refractivity contribution in [2.24, 2.45) is 5.73 Å². The Morgan fingerprint density at radius 3 is 2.59 bits per heavy atom. The number of esters is 1. The van der Waals surface area contributed by atoms with E-state index in [-0.39, 0.29) is 35.1 Å². The lowest BCUT2D eigenvalue weighted by atomic mass is 10.1. The Morgan fingerprint density at radius 1 is 1.32 bits per heavy atom. The number of primary amides is 1. The average molecular weight is 306 g/mol. The van der Waals surface area contributed by atoms with Crippen molar-refractivity contribution < 1.29 is 28.0 Å². The molecule has 8 heteroatoms. The minimum atomic E-state index is -0.922. The summed E-state index contributed by atoms with van der Waals surface area (Å²) in [7, 11) is 0. The van der Waals surface area contributed by atoms with Crippen molar-refractivity contribution in [3.8, 4) is 0 Å². The summed E-state index contributed by atoms with van der Waals surface area (Å²) in [6, 6.07) is 2.96. The Balaban J connectivity index is 2.40. The molecule has 116 valence electrons. The van der Waals surface area contributed by atoms with Gasteiger partial charge in [-0.1, -0.05) is 0 Å². The van der Waals surface area contributed by atoms with Gasteiger partial charge in [-0.3, -0.25) is 14.9 Å². The first kappa shape index (κ1) is 15.4.